The number of aliphatic hydroxyl groups is 1. The molecule has 20 heavy (non-hydrogen) atoms. The Bertz CT molecular complexity index is 491. The van der Waals surface area contributed by atoms with E-state index in [-0.39, 0.29) is 17.6 Å². The van der Waals surface area contributed by atoms with Crippen molar-refractivity contribution in [1.29, 1.82) is 0 Å². The SMILES string of the molecule is CC(C)(C(=O)NCC1CNCC1O)c1ccccc1F. The topological polar surface area (TPSA) is 61.4 Å². The van der Waals surface area contributed by atoms with Crippen molar-refractivity contribution in [1.82, 2.24) is 10.6 Å². The number of rotatable bonds is 4. The van der Waals surface area contributed by atoms with Crippen molar-refractivity contribution in [3.63, 3.8) is 0 Å². The Morgan fingerprint density at radius 2 is 2.15 bits per heavy atom. The summed E-state index contributed by atoms with van der Waals surface area (Å²) in [5.41, 5.74) is -0.565. The largest absolute Gasteiger partial charge is 0.391 e. The van der Waals surface area contributed by atoms with E-state index in [0.717, 1.165) is 0 Å². The van der Waals surface area contributed by atoms with Crippen LogP contribution in [0.4, 0.5) is 4.39 Å². The van der Waals surface area contributed by atoms with E-state index in [2.05, 4.69) is 10.6 Å². The van der Waals surface area contributed by atoms with E-state index in [4.69, 9.17) is 0 Å². The molecule has 3 N–H and O–H groups in total. The Kier molecular flexibility index (Phi) is 4.40. The molecule has 0 radical (unpaired) electrons. The number of hydrogen-bond acceptors (Lipinski definition) is 3. The zero-order chi connectivity index (χ0) is 14.8. The molecule has 0 saturated carbocycles. The Morgan fingerprint density at radius 1 is 1.45 bits per heavy atom. The van der Waals surface area contributed by atoms with Crippen LogP contribution in [0.2, 0.25) is 0 Å². The molecule has 1 aliphatic rings. The lowest BCUT2D eigenvalue weighted by Crippen LogP contribution is -2.44. The van der Waals surface area contributed by atoms with Crippen molar-refractivity contribution in [3.05, 3.63) is 35.6 Å². The molecule has 2 rings (SSSR count). The van der Waals surface area contributed by atoms with Crippen LogP contribution < -0.4 is 10.6 Å². The highest BCUT2D eigenvalue weighted by molar-refractivity contribution is 5.87. The van der Waals surface area contributed by atoms with Gasteiger partial charge in [0.05, 0.1) is 11.5 Å². The van der Waals surface area contributed by atoms with E-state index >= 15 is 0 Å². The Morgan fingerprint density at radius 3 is 2.75 bits per heavy atom. The fourth-order valence-electron chi connectivity index (χ4n) is 2.46. The van der Waals surface area contributed by atoms with E-state index in [1.807, 2.05) is 0 Å². The second-order valence-electron chi connectivity index (χ2n) is 5.80. The van der Waals surface area contributed by atoms with Crippen molar-refractivity contribution in [2.24, 2.45) is 5.92 Å². The third-order valence-corrected chi connectivity index (χ3v) is 3.94. The summed E-state index contributed by atoms with van der Waals surface area (Å²) in [5.74, 6) is -0.604. The lowest BCUT2D eigenvalue weighted by atomic mass is 9.83. The Balaban J connectivity index is 2.02. The predicted molar refractivity (Wildman–Crippen MR) is 74.8 cm³/mol. The molecule has 1 amide bonds. The van der Waals surface area contributed by atoms with E-state index in [9.17, 15) is 14.3 Å². The summed E-state index contributed by atoms with van der Waals surface area (Å²) in [4.78, 5) is 12.3. The zero-order valence-corrected chi connectivity index (χ0v) is 11.8. The van der Waals surface area contributed by atoms with Crippen LogP contribution in [0.5, 0.6) is 0 Å². The van der Waals surface area contributed by atoms with Gasteiger partial charge in [-0.05, 0) is 19.9 Å². The minimum Gasteiger partial charge on any atom is -0.391 e. The molecular weight excluding hydrogens is 259 g/mol. The molecule has 0 bridgehead atoms. The second kappa shape index (κ2) is 5.89. The van der Waals surface area contributed by atoms with Gasteiger partial charge >= 0.3 is 0 Å². The molecule has 2 atom stereocenters. The van der Waals surface area contributed by atoms with Crippen LogP contribution in [0.25, 0.3) is 0 Å². The number of carbonyl (C=O) groups is 1. The molecule has 1 saturated heterocycles. The van der Waals surface area contributed by atoms with Crippen molar-refractivity contribution < 1.29 is 14.3 Å². The Hall–Kier alpha value is -1.46. The summed E-state index contributed by atoms with van der Waals surface area (Å²) in [6, 6.07) is 6.31. The smallest absolute Gasteiger partial charge is 0.230 e. The van der Waals surface area contributed by atoms with Gasteiger partial charge in [0.2, 0.25) is 5.91 Å². The first-order valence-corrected chi connectivity index (χ1v) is 6.85. The molecule has 1 aromatic rings. The zero-order valence-electron chi connectivity index (χ0n) is 11.8. The molecule has 0 aromatic heterocycles. The molecular formula is C15H21FN2O2. The van der Waals surface area contributed by atoms with Gasteiger partial charge in [-0.25, -0.2) is 4.39 Å². The average molecular weight is 280 g/mol. The fraction of sp³-hybridized carbons (Fsp3) is 0.533. The van der Waals surface area contributed by atoms with Crippen molar-refractivity contribution in [2.75, 3.05) is 19.6 Å². The maximum absolute atomic E-state index is 13.8. The minimum absolute atomic E-state index is 0.00960. The van der Waals surface area contributed by atoms with Gasteiger partial charge in [-0.2, -0.15) is 0 Å². The van der Waals surface area contributed by atoms with Gasteiger partial charge in [-0.15, -0.1) is 0 Å². The molecule has 1 aromatic carbocycles. The van der Waals surface area contributed by atoms with Crippen LogP contribution >= 0.6 is 0 Å². The van der Waals surface area contributed by atoms with Crippen molar-refractivity contribution in [3.8, 4) is 0 Å². The van der Waals surface area contributed by atoms with Crippen LogP contribution in [0, 0.1) is 11.7 Å². The molecule has 110 valence electrons. The van der Waals surface area contributed by atoms with Gasteiger partial charge in [0, 0.05) is 31.1 Å². The van der Waals surface area contributed by atoms with Gasteiger partial charge in [-0.3, -0.25) is 4.79 Å². The summed E-state index contributed by atoms with van der Waals surface area (Å²) in [6.45, 7) is 5.03. The lowest BCUT2D eigenvalue weighted by Gasteiger charge is -2.26. The van der Waals surface area contributed by atoms with Gasteiger partial charge in [0.25, 0.3) is 0 Å². The van der Waals surface area contributed by atoms with Crippen LogP contribution in [-0.2, 0) is 10.2 Å². The van der Waals surface area contributed by atoms with Gasteiger partial charge in [0.15, 0.2) is 0 Å². The molecule has 0 aliphatic carbocycles. The number of nitrogens with one attached hydrogen (secondary N) is 2. The van der Waals surface area contributed by atoms with E-state index < -0.39 is 11.5 Å². The molecule has 0 spiro atoms. The lowest BCUT2D eigenvalue weighted by molar-refractivity contribution is -0.126. The number of halogens is 1. The second-order valence-corrected chi connectivity index (χ2v) is 5.80. The third-order valence-electron chi connectivity index (χ3n) is 3.94. The van der Waals surface area contributed by atoms with E-state index in [1.54, 1.807) is 32.0 Å². The predicted octanol–water partition coefficient (Wildman–Crippen LogP) is 0.800. The highest BCUT2D eigenvalue weighted by Crippen LogP contribution is 2.26. The quantitative estimate of drug-likeness (QED) is 0.764. The number of benzene rings is 1. The summed E-state index contributed by atoms with van der Waals surface area (Å²) >= 11 is 0. The first-order valence-electron chi connectivity index (χ1n) is 6.85. The number of amides is 1. The van der Waals surface area contributed by atoms with Crippen molar-refractivity contribution in [2.45, 2.75) is 25.4 Å². The summed E-state index contributed by atoms with van der Waals surface area (Å²) in [7, 11) is 0. The number of carbonyl (C=O) groups excluding carboxylic acids is 1. The highest BCUT2D eigenvalue weighted by atomic mass is 19.1. The molecule has 2 unspecified atom stereocenters. The van der Waals surface area contributed by atoms with Crippen LogP contribution in [0.15, 0.2) is 24.3 Å². The fourth-order valence-corrected chi connectivity index (χ4v) is 2.46. The van der Waals surface area contributed by atoms with Crippen molar-refractivity contribution >= 4 is 5.91 Å². The number of aliphatic hydroxyl groups excluding tert-OH is 1. The van der Waals surface area contributed by atoms with Gasteiger partial charge in [-0.1, -0.05) is 18.2 Å². The van der Waals surface area contributed by atoms with Crippen LogP contribution in [0.3, 0.4) is 0 Å². The highest BCUT2D eigenvalue weighted by Gasteiger charge is 2.33. The minimum atomic E-state index is -0.942. The number of β-amino-alcohol motifs (C(OH)–C–C–N with tert-alkyl or cyclic N) is 1. The maximum Gasteiger partial charge on any atom is 0.230 e. The van der Waals surface area contributed by atoms with Crippen LogP contribution in [0.1, 0.15) is 19.4 Å². The summed E-state index contributed by atoms with van der Waals surface area (Å²) < 4.78 is 13.8. The third kappa shape index (κ3) is 2.99. The van der Waals surface area contributed by atoms with Gasteiger partial charge in [0.1, 0.15) is 5.82 Å². The molecule has 4 nitrogen and oxygen atoms in total. The molecule has 1 aliphatic heterocycles. The summed E-state index contributed by atoms with van der Waals surface area (Å²) in [5, 5.41) is 15.6. The van der Waals surface area contributed by atoms with Gasteiger partial charge < -0.3 is 15.7 Å². The number of hydrogen-bond donors (Lipinski definition) is 3. The molecule has 5 heteroatoms. The monoisotopic (exact) mass is 280 g/mol. The first-order chi connectivity index (χ1) is 9.43. The average Bonchev–Trinajstić information content (AvgIpc) is 2.81. The molecule has 1 fully saturated rings. The maximum atomic E-state index is 13.8. The van der Waals surface area contributed by atoms with E-state index in [0.29, 0.717) is 25.2 Å². The standard InChI is InChI=1S/C15H21FN2O2/c1-15(2,11-5-3-4-6-12(11)16)14(20)18-8-10-7-17-9-13(10)19/h3-6,10,13,17,19H,7-9H2,1-2H3,(H,18,20). The summed E-state index contributed by atoms with van der Waals surface area (Å²) in [6.07, 6.45) is -0.438. The van der Waals surface area contributed by atoms with Crippen LogP contribution in [-0.4, -0.2) is 36.8 Å². The normalized spacial score (nSPS) is 22.8. The first kappa shape index (κ1) is 14.9. The molecule has 1 heterocycles. The van der Waals surface area contributed by atoms with E-state index in [1.165, 1.54) is 6.07 Å². The Labute approximate surface area is 118 Å².